The number of nitrogens with zero attached hydrogens (tertiary/aromatic N) is 3. The van der Waals surface area contributed by atoms with Gasteiger partial charge in [-0.2, -0.15) is 0 Å². The molecule has 0 saturated carbocycles. The zero-order chi connectivity index (χ0) is 11.4. The topological polar surface area (TPSA) is 53.1 Å². The summed E-state index contributed by atoms with van der Waals surface area (Å²) in [6.07, 6.45) is 3.97. The lowest BCUT2D eigenvalue weighted by molar-refractivity contribution is 0.440. The second kappa shape index (κ2) is 5.12. The molecule has 2 heterocycles. The van der Waals surface area contributed by atoms with Crippen LogP contribution in [0.4, 0.5) is 11.6 Å². The van der Waals surface area contributed by atoms with Gasteiger partial charge in [-0.05, 0) is 19.9 Å². The summed E-state index contributed by atoms with van der Waals surface area (Å²) in [7, 11) is 3.91. The fraction of sp³-hybridized carbons (Fsp3) is 0.636. The van der Waals surface area contributed by atoms with Crippen molar-refractivity contribution in [1.29, 1.82) is 0 Å². The van der Waals surface area contributed by atoms with Crippen LogP contribution < -0.4 is 15.5 Å². The van der Waals surface area contributed by atoms with E-state index < -0.39 is 0 Å². The molecule has 5 nitrogen and oxygen atoms in total. The molecule has 0 radical (unpaired) electrons. The monoisotopic (exact) mass is 221 g/mol. The number of rotatable bonds is 3. The molecule has 1 aliphatic heterocycles. The third kappa shape index (κ3) is 2.41. The van der Waals surface area contributed by atoms with Crippen molar-refractivity contribution >= 4 is 11.6 Å². The molecule has 1 fully saturated rings. The van der Waals surface area contributed by atoms with Gasteiger partial charge >= 0.3 is 0 Å². The summed E-state index contributed by atoms with van der Waals surface area (Å²) in [5.74, 6) is 1.90. The van der Waals surface area contributed by atoms with Gasteiger partial charge in [-0.1, -0.05) is 0 Å². The normalized spacial score (nSPS) is 17.5. The van der Waals surface area contributed by atoms with Crippen LogP contribution in [0.5, 0.6) is 0 Å². The van der Waals surface area contributed by atoms with E-state index in [9.17, 15) is 0 Å². The number of hydrogen-bond donors (Lipinski definition) is 2. The zero-order valence-electron chi connectivity index (χ0n) is 9.90. The first-order valence-electron chi connectivity index (χ1n) is 5.75. The first kappa shape index (κ1) is 11.1. The SMILES string of the molecule is CNc1cc(N2CCC(NC)CC2)ncn1. The van der Waals surface area contributed by atoms with Gasteiger partial charge in [0.25, 0.3) is 0 Å². The Morgan fingerprint density at radius 2 is 2.00 bits per heavy atom. The molecule has 0 spiro atoms. The lowest BCUT2D eigenvalue weighted by atomic mass is 10.1. The standard InChI is InChI=1S/C11H19N5/c1-12-9-3-5-16(6-4-9)11-7-10(13-2)14-8-15-11/h7-9,12H,3-6H2,1-2H3,(H,13,14,15). The highest BCUT2D eigenvalue weighted by Crippen LogP contribution is 2.18. The number of piperidine rings is 1. The molecule has 1 saturated heterocycles. The molecule has 0 aliphatic carbocycles. The fourth-order valence-corrected chi connectivity index (χ4v) is 2.05. The first-order valence-corrected chi connectivity index (χ1v) is 5.75. The predicted octanol–water partition coefficient (Wildman–Crippen LogP) is 0.706. The predicted molar refractivity (Wildman–Crippen MR) is 65.9 cm³/mol. The maximum Gasteiger partial charge on any atom is 0.134 e. The summed E-state index contributed by atoms with van der Waals surface area (Å²) in [5.41, 5.74) is 0. The van der Waals surface area contributed by atoms with Crippen LogP contribution in [0.15, 0.2) is 12.4 Å². The third-order valence-corrected chi connectivity index (χ3v) is 3.14. The van der Waals surface area contributed by atoms with Gasteiger partial charge in [0.1, 0.15) is 18.0 Å². The van der Waals surface area contributed by atoms with Gasteiger partial charge in [-0.3, -0.25) is 0 Å². The summed E-state index contributed by atoms with van der Waals surface area (Å²) in [6.45, 7) is 2.12. The van der Waals surface area contributed by atoms with Crippen LogP contribution in [-0.2, 0) is 0 Å². The number of aromatic nitrogens is 2. The Morgan fingerprint density at radius 3 is 2.62 bits per heavy atom. The minimum Gasteiger partial charge on any atom is -0.373 e. The summed E-state index contributed by atoms with van der Waals surface area (Å²) < 4.78 is 0. The maximum atomic E-state index is 4.32. The molecule has 1 aromatic heterocycles. The van der Waals surface area contributed by atoms with Gasteiger partial charge in [0, 0.05) is 32.2 Å². The average molecular weight is 221 g/mol. The summed E-state index contributed by atoms with van der Waals surface area (Å²) in [5, 5.41) is 6.36. The Morgan fingerprint density at radius 1 is 1.25 bits per heavy atom. The Labute approximate surface area is 96.3 Å². The van der Waals surface area contributed by atoms with Crippen molar-refractivity contribution in [1.82, 2.24) is 15.3 Å². The van der Waals surface area contributed by atoms with E-state index in [1.54, 1.807) is 6.33 Å². The van der Waals surface area contributed by atoms with Gasteiger partial charge in [-0.25, -0.2) is 9.97 Å². The summed E-state index contributed by atoms with van der Waals surface area (Å²) >= 11 is 0. The van der Waals surface area contributed by atoms with Crippen LogP contribution >= 0.6 is 0 Å². The fourth-order valence-electron chi connectivity index (χ4n) is 2.05. The smallest absolute Gasteiger partial charge is 0.134 e. The third-order valence-electron chi connectivity index (χ3n) is 3.14. The highest BCUT2D eigenvalue weighted by molar-refractivity contribution is 5.48. The molecule has 0 bridgehead atoms. The van der Waals surface area contributed by atoms with E-state index in [2.05, 4.69) is 25.5 Å². The van der Waals surface area contributed by atoms with Gasteiger partial charge in [0.2, 0.25) is 0 Å². The number of nitrogens with one attached hydrogen (secondary N) is 2. The van der Waals surface area contributed by atoms with Crippen LogP contribution in [-0.4, -0.2) is 43.2 Å². The Hall–Kier alpha value is -1.36. The van der Waals surface area contributed by atoms with Gasteiger partial charge < -0.3 is 15.5 Å². The van der Waals surface area contributed by atoms with Crippen LogP contribution in [0.25, 0.3) is 0 Å². The average Bonchev–Trinajstić information content (AvgIpc) is 2.39. The van der Waals surface area contributed by atoms with Gasteiger partial charge in [0.05, 0.1) is 0 Å². The summed E-state index contributed by atoms with van der Waals surface area (Å²) in [6, 6.07) is 2.65. The van der Waals surface area contributed by atoms with E-state index in [1.165, 1.54) is 12.8 Å². The number of anilines is 2. The van der Waals surface area contributed by atoms with Crippen LogP contribution in [0.1, 0.15) is 12.8 Å². The maximum absolute atomic E-state index is 4.32. The number of hydrogen-bond acceptors (Lipinski definition) is 5. The van der Waals surface area contributed by atoms with E-state index in [0.29, 0.717) is 6.04 Å². The molecule has 88 valence electrons. The highest BCUT2D eigenvalue weighted by atomic mass is 15.2. The van der Waals surface area contributed by atoms with Crippen molar-refractivity contribution in [2.24, 2.45) is 0 Å². The van der Waals surface area contributed by atoms with Crippen LogP contribution in [0.3, 0.4) is 0 Å². The molecule has 16 heavy (non-hydrogen) atoms. The van der Waals surface area contributed by atoms with Crippen molar-refractivity contribution in [3.8, 4) is 0 Å². The molecule has 0 amide bonds. The molecule has 1 aromatic rings. The van der Waals surface area contributed by atoms with Crippen LogP contribution in [0.2, 0.25) is 0 Å². The largest absolute Gasteiger partial charge is 0.373 e. The molecule has 0 atom stereocenters. The highest BCUT2D eigenvalue weighted by Gasteiger charge is 2.18. The minimum absolute atomic E-state index is 0.654. The van der Waals surface area contributed by atoms with Crippen molar-refractivity contribution in [2.45, 2.75) is 18.9 Å². The summed E-state index contributed by atoms with van der Waals surface area (Å²) in [4.78, 5) is 10.8. The minimum atomic E-state index is 0.654. The van der Waals surface area contributed by atoms with Gasteiger partial charge in [-0.15, -0.1) is 0 Å². The molecule has 0 unspecified atom stereocenters. The van der Waals surface area contributed by atoms with E-state index in [0.717, 1.165) is 24.7 Å². The van der Waals surface area contributed by atoms with Crippen molar-refractivity contribution in [2.75, 3.05) is 37.4 Å². The molecule has 2 rings (SSSR count). The zero-order valence-corrected chi connectivity index (χ0v) is 9.90. The first-order chi connectivity index (χ1) is 7.83. The van der Waals surface area contributed by atoms with E-state index in [1.807, 2.05) is 20.2 Å². The lowest BCUT2D eigenvalue weighted by Gasteiger charge is -2.32. The molecular formula is C11H19N5. The second-order valence-electron chi connectivity index (χ2n) is 4.06. The molecule has 1 aliphatic rings. The Kier molecular flexibility index (Phi) is 3.56. The van der Waals surface area contributed by atoms with Crippen LogP contribution in [0, 0.1) is 0 Å². The molecule has 2 N–H and O–H groups in total. The lowest BCUT2D eigenvalue weighted by Crippen LogP contribution is -2.41. The van der Waals surface area contributed by atoms with E-state index in [4.69, 9.17) is 0 Å². The van der Waals surface area contributed by atoms with Crippen molar-refractivity contribution in [3.05, 3.63) is 12.4 Å². The second-order valence-corrected chi connectivity index (χ2v) is 4.06. The Bertz CT molecular complexity index is 333. The van der Waals surface area contributed by atoms with E-state index >= 15 is 0 Å². The molecular weight excluding hydrogens is 202 g/mol. The Balaban J connectivity index is 2.02. The quantitative estimate of drug-likeness (QED) is 0.787. The van der Waals surface area contributed by atoms with E-state index in [-0.39, 0.29) is 0 Å². The van der Waals surface area contributed by atoms with Gasteiger partial charge in [0.15, 0.2) is 0 Å². The molecule has 0 aromatic carbocycles. The molecule has 5 heteroatoms. The van der Waals surface area contributed by atoms with Crippen molar-refractivity contribution < 1.29 is 0 Å². The van der Waals surface area contributed by atoms with Crippen molar-refractivity contribution in [3.63, 3.8) is 0 Å².